The minimum absolute atomic E-state index is 0.0871. The molecule has 1 rings (SSSR count). The summed E-state index contributed by atoms with van der Waals surface area (Å²) in [6, 6.07) is 4.53. The number of ether oxygens (including phenoxy) is 1. The fourth-order valence-corrected chi connectivity index (χ4v) is 1.65. The van der Waals surface area contributed by atoms with E-state index in [0.717, 1.165) is 12.1 Å². The average molecular weight is 255 g/mol. The Morgan fingerprint density at radius 2 is 2.06 bits per heavy atom. The van der Waals surface area contributed by atoms with Crippen LogP contribution in [0.5, 0.6) is 5.75 Å². The molecule has 0 aliphatic rings. The molecule has 0 aliphatic heterocycles. The van der Waals surface area contributed by atoms with Gasteiger partial charge in [0.05, 0.1) is 13.7 Å². The minimum atomic E-state index is -0.277. The SMILES string of the molecule is COc1ccc(F)cc1CCN(C)C(C)(C)CO. The van der Waals surface area contributed by atoms with E-state index in [2.05, 4.69) is 4.90 Å². The van der Waals surface area contributed by atoms with Gasteiger partial charge in [-0.25, -0.2) is 4.39 Å². The van der Waals surface area contributed by atoms with Gasteiger partial charge in [0.1, 0.15) is 11.6 Å². The van der Waals surface area contributed by atoms with Gasteiger partial charge >= 0.3 is 0 Å². The van der Waals surface area contributed by atoms with Gasteiger partial charge in [-0.05, 0) is 51.1 Å². The van der Waals surface area contributed by atoms with Crippen LogP contribution in [0.4, 0.5) is 4.39 Å². The zero-order chi connectivity index (χ0) is 13.8. The van der Waals surface area contributed by atoms with Crippen molar-refractivity contribution in [1.29, 1.82) is 0 Å². The Morgan fingerprint density at radius 1 is 1.39 bits per heavy atom. The van der Waals surface area contributed by atoms with Crippen molar-refractivity contribution in [2.45, 2.75) is 25.8 Å². The summed E-state index contributed by atoms with van der Waals surface area (Å²) in [5, 5.41) is 9.28. The van der Waals surface area contributed by atoms with Crippen LogP contribution >= 0.6 is 0 Å². The number of rotatable bonds is 6. The van der Waals surface area contributed by atoms with E-state index in [-0.39, 0.29) is 18.0 Å². The number of benzene rings is 1. The molecule has 0 saturated heterocycles. The summed E-state index contributed by atoms with van der Waals surface area (Å²) in [6.45, 7) is 4.75. The maximum atomic E-state index is 13.2. The third-order valence-electron chi connectivity index (χ3n) is 3.38. The van der Waals surface area contributed by atoms with Crippen LogP contribution < -0.4 is 4.74 Å². The average Bonchev–Trinajstić information content (AvgIpc) is 2.36. The molecule has 1 N–H and O–H groups in total. The van der Waals surface area contributed by atoms with E-state index in [9.17, 15) is 9.50 Å². The van der Waals surface area contributed by atoms with E-state index < -0.39 is 0 Å². The quantitative estimate of drug-likeness (QED) is 0.844. The molecule has 18 heavy (non-hydrogen) atoms. The third-order valence-corrected chi connectivity index (χ3v) is 3.38. The Balaban J connectivity index is 2.71. The second-order valence-corrected chi connectivity index (χ2v) is 5.10. The van der Waals surface area contributed by atoms with Gasteiger partial charge in [-0.3, -0.25) is 4.90 Å². The van der Waals surface area contributed by atoms with Crippen molar-refractivity contribution in [2.75, 3.05) is 27.3 Å². The summed E-state index contributed by atoms with van der Waals surface area (Å²) < 4.78 is 18.4. The molecule has 0 unspecified atom stereocenters. The Morgan fingerprint density at radius 3 is 2.61 bits per heavy atom. The van der Waals surface area contributed by atoms with Gasteiger partial charge in [-0.1, -0.05) is 0 Å². The fourth-order valence-electron chi connectivity index (χ4n) is 1.65. The summed E-state index contributed by atoms with van der Waals surface area (Å²) in [6.07, 6.45) is 0.681. The Labute approximate surface area is 108 Å². The van der Waals surface area contributed by atoms with Gasteiger partial charge in [0.25, 0.3) is 0 Å². The summed E-state index contributed by atoms with van der Waals surface area (Å²) >= 11 is 0. The number of likely N-dealkylation sites (N-methyl/N-ethyl adjacent to an activating group) is 1. The highest BCUT2D eigenvalue weighted by Crippen LogP contribution is 2.21. The maximum Gasteiger partial charge on any atom is 0.123 e. The minimum Gasteiger partial charge on any atom is -0.496 e. The Kier molecular flexibility index (Phi) is 5.11. The zero-order valence-electron chi connectivity index (χ0n) is 11.5. The number of aliphatic hydroxyl groups is 1. The van der Waals surface area contributed by atoms with Crippen molar-refractivity contribution in [1.82, 2.24) is 4.90 Å². The first-order valence-electron chi connectivity index (χ1n) is 6.05. The van der Waals surface area contributed by atoms with Gasteiger partial charge < -0.3 is 9.84 Å². The van der Waals surface area contributed by atoms with Crippen LogP contribution in [0.15, 0.2) is 18.2 Å². The fraction of sp³-hybridized carbons (Fsp3) is 0.571. The smallest absolute Gasteiger partial charge is 0.123 e. The van der Waals surface area contributed by atoms with Gasteiger partial charge in [-0.15, -0.1) is 0 Å². The lowest BCUT2D eigenvalue weighted by atomic mass is 10.0. The maximum absolute atomic E-state index is 13.2. The van der Waals surface area contributed by atoms with Crippen molar-refractivity contribution in [3.63, 3.8) is 0 Å². The van der Waals surface area contributed by atoms with Crippen molar-refractivity contribution in [3.05, 3.63) is 29.6 Å². The van der Waals surface area contributed by atoms with Crippen molar-refractivity contribution in [3.8, 4) is 5.75 Å². The highest BCUT2D eigenvalue weighted by atomic mass is 19.1. The summed E-state index contributed by atoms with van der Waals surface area (Å²) in [5.74, 6) is 0.446. The van der Waals surface area contributed by atoms with Crippen molar-refractivity contribution in [2.24, 2.45) is 0 Å². The molecule has 0 heterocycles. The molecule has 0 aromatic heterocycles. The Hall–Kier alpha value is -1.13. The van der Waals surface area contributed by atoms with Crippen LogP contribution in [-0.4, -0.2) is 42.9 Å². The number of aliphatic hydroxyl groups excluding tert-OH is 1. The molecule has 102 valence electrons. The van der Waals surface area contributed by atoms with Crippen molar-refractivity contribution < 1.29 is 14.2 Å². The van der Waals surface area contributed by atoms with Crippen LogP contribution in [0, 0.1) is 5.82 Å². The molecular formula is C14H22FNO2. The Bertz CT molecular complexity index is 393. The monoisotopic (exact) mass is 255 g/mol. The zero-order valence-corrected chi connectivity index (χ0v) is 11.5. The molecule has 1 aromatic carbocycles. The van der Waals surface area contributed by atoms with Gasteiger partial charge in [0.15, 0.2) is 0 Å². The summed E-state index contributed by atoms with van der Waals surface area (Å²) in [5.41, 5.74) is 0.568. The molecule has 0 amide bonds. The lowest BCUT2D eigenvalue weighted by Crippen LogP contribution is -2.45. The number of hydrogen-bond donors (Lipinski definition) is 1. The van der Waals surface area contributed by atoms with Crippen LogP contribution in [-0.2, 0) is 6.42 Å². The van der Waals surface area contributed by atoms with E-state index in [1.807, 2.05) is 20.9 Å². The van der Waals surface area contributed by atoms with E-state index in [1.54, 1.807) is 13.2 Å². The predicted molar refractivity (Wildman–Crippen MR) is 70.5 cm³/mol. The first-order valence-corrected chi connectivity index (χ1v) is 6.05. The molecule has 0 bridgehead atoms. The lowest BCUT2D eigenvalue weighted by molar-refractivity contribution is 0.0799. The second kappa shape index (κ2) is 6.16. The highest BCUT2D eigenvalue weighted by molar-refractivity contribution is 5.34. The molecule has 0 aliphatic carbocycles. The summed E-state index contributed by atoms with van der Waals surface area (Å²) in [7, 11) is 3.53. The standard InChI is InChI=1S/C14H22FNO2/c1-14(2,10-17)16(3)8-7-11-9-12(15)5-6-13(11)18-4/h5-6,9,17H,7-8,10H2,1-4H3. The first kappa shape index (κ1) is 14.9. The normalized spacial score (nSPS) is 11.9. The van der Waals surface area contributed by atoms with Crippen LogP contribution in [0.3, 0.4) is 0 Å². The molecule has 0 fully saturated rings. The highest BCUT2D eigenvalue weighted by Gasteiger charge is 2.22. The number of hydrogen-bond acceptors (Lipinski definition) is 3. The van der Waals surface area contributed by atoms with Gasteiger partial charge in [-0.2, -0.15) is 0 Å². The topological polar surface area (TPSA) is 32.7 Å². The van der Waals surface area contributed by atoms with Gasteiger partial charge in [0, 0.05) is 12.1 Å². The molecule has 4 heteroatoms. The molecule has 3 nitrogen and oxygen atoms in total. The largest absolute Gasteiger partial charge is 0.496 e. The number of methoxy groups -OCH3 is 1. The van der Waals surface area contributed by atoms with Crippen LogP contribution in [0.2, 0.25) is 0 Å². The molecule has 0 saturated carbocycles. The number of nitrogens with zero attached hydrogens (tertiary/aromatic N) is 1. The molecule has 0 radical (unpaired) electrons. The van der Waals surface area contributed by atoms with Crippen LogP contribution in [0.25, 0.3) is 0 Å². The molecule has 0 spiro atoms. The molecule has 0 atom stereocenters. The lowest BCUT2D eigenvalue weighted by Gasteiger charge is -2.33. The summed E-state index contributed by atoms with van der Waals surface area (Å²) in [4.78, 5) is 2.05. The van der Waals surface area contributed by atoms with E-state index in [1.165, 1.54) is 12.1 Å². The predicted octanol–water partition coefficient (Wildman–Crippen LogP) is 2.08. The third kappa shape index (κ3) is 3.68. The molecule has 1 aromatic rings. The van der Waals surface area contributed by atoms with E-state index in [0.29, 0.717) is 12.2 Å². The number of halogens is 1. The van der Waals surface area contributed by atoms with E-state index in [4.69, 9.17) is 4.74 Å². The van der Waals surface area contributed by atoms with Crippen LogP contribution in [0.1, 0.15) is 19.4 Å². The van der Waals surface area contributed by atoms with E-state index >= 15 is 0 Å². The second-order valence-electron chi connectivity index (χ2n) is 5.10. The first-order chi connectivity index (χ1) is 8.40. The van der Waals surface area contributed by atoms with Gasteiger partial charge in [0.2, 0.25) is 0 Å². The van der Waals surface area contributed by atoms with Crippen molar-refractivity contribution >= 4 is 0 Å². The molecular weight excluding hydrogens is 233 g/mol.